The van der Waals surface area contributed by atoms with Crippen LogP contribution in [0.15, 0.2) is 36.7 Å². The molecule has 116 valence electrons. The Labute approximate surface area is 130 Å². The quantitative estimate of drug-likeness (QED) is 0.759. The van der Waals surface area contributed by atoms with E-state index in [1.807, 2.05) is 37.5 Å². The van der Waals surface area contributed by atoms with Crippen LogP contribution in [-0.2, 0) is 19.2 Å². The molecule has 0 radical (unpaired) electrons. The molecule has 0 saturated heterocycles. The summed E-state index contributed by atoms with van der Waals surface area (Å²) in [6, 6.07) is 7.70. The van der Waals surface area contributed by atoms with Crippen LogP contribution in [0.2, 0.25) is 0 Å². The lowest BCUT2D eigenvalue weighted by molar-refractivity contribution is 0.0565. The molecule has 0 aliphatic heterocycles. The molecule has 1 aromatic carbocycles. The maximum absolute atomic E-state index is 10.5. The molecule has 2 aromatic rings. The molecule has 1 heterocycles. The van der Waals surface area contributed by atoms with E-state index < -0.39 is 5.60 Å². The van der Waals surface area contributed by atoms with Crippen molar-refractivity contribution in [3.05, 3.63) is 47.8 Å². The molecule has 1 aromatic heterocycles. The number of aromatic nitrogens is 2. The van der Waals surface area contributed by atoms with Crippen molar-refractivity contribution in [3.8, 4) is 18.1 Å². The molecule has 0 amide bonds. The monoisotopic (exact) mass is 299 g/mol. The van der Waals surface area contributed by atoms with Gasteiger partial charge >= 0.3 is 0 Å². The van der Waals surface area contributed by atoms with E-state index in [4.69, 9.17) is 11.2 Å². The molecule has 0 spiro atoms. The normalized spacial score (nSPS) is 13.4. The Hall–Kier alpha value is -2.29. The first-order valence-electron chi connectivity index (χ1n) is 7.09. The molecule has 0 aliphatic carbocycles. The third-order valence-corrected chi connectivity index (χ3v) is 3.40. The third kappa shape index (κ3) is 4.10. The molecular weight excluding hydrogens is 278 g/mol. The molecule has 1 atom stereocenters. The number of aryl methyl sites for hydroxylation is 1. The van der Waals surface area contributed by atoms with Crippen molar-refractivity contribution < 1.29 is 9.84 Å². The van der Waals surface area contributed by atoms with Gasteiger partial charge in [-0.15, -0.1) is 6.42 Å². The second-order valence-electron chi connectivity index (χ2n) is 5.38. The molecule has 0 aliphatic rings. The number of benzene rings is 1. The average molecular weight is 299 g/mol. The van der Waals surface area contributed by atoms with Crippen molar-refractivity contribution >= 4 is 0 Å². The largest absolute Gasteiger partial charge is 0.481 e. The second kappa shape index (κ2) is 7.12. The van der Waals surface area contributed by atoms with E-state index in [1.165, 1.54) is 0 Å². The summed E-state index contributed by atoms with van der Waals surface area (Å²) < 4.78 is 7.18. The second-order valence-corrected chi connectivity index (χ2v) is 5.38. The van der Waals surface area contributed by atoms with E-state index in [0.29, 0.717) is 13.1 Å². The van der Waals surface area contributed by atoms with Gasteiger partial charge in [0, 0.05) is 37.5 Å². The molecule has 22 heavy (non-hydrogen) atoms. The average Bonchev–Trinajstić information content (AvgIpc) is 2.93. The van der Waals surface area contributed by atoms with Crippen LogP contribution in [0, 0.1) is 12.3 Å². The summed E-state index contributed by atoms with van der Waals surface area (Å²) in [5, 5.41) is 17.8. The lowest BCUT2D eigenvalue weighted by atomic mass is 9.99. The number of para-hydroxylation sites is 1. The third-order valence-electron chi connectivity index (χ3n) is 3.40. The van der Waals surface area contributed by atoms with Gasteiger partial charge in [0.05, 0.1) is 6.20 Å². The van der Waals surface area contributed by atoms with Crippen LogP contribution in [0.25, 0.3) is 0 Å². The van der Waals surface area contributed by atoms with E-state index in [-0.39, 0.29) is 6.61 Å². The van der Waals surface area contributed by atoms with E-state index in [0.717, 1.165) is 16.9 Å². The highest BCUT2D eigenvalue weighted by Gasteiger charge is 2.24. The first kappa shape index (κ1) is 16.1. The summed E-state index contributed by atoms with van der Waals surface area (Å²) in [7, 11) is 1.83. The van der Waals surface area contributed by atoms with E-state index in [1.54, 1.807) is 17.8 Å². The first-order valence-corrected chi connectivity index (χ1v) is 7.09. The van der Waals surface area contributed by atoms with Crippen molar-refractivity contribution in [1.29, 1.82) is 0 Å². The summed E-state index contributed by atoms with van der Waals surface area (Å²) >= 11 is 0. The number of hydrogen-bond donors (Lipinski definition) is 2. The highest BCUT2D eigenvalue weighted by Crippen LogP contribution is 2.20. The predicted molar refractivity (Wildman–Crippen MR) is 85.3 cm³/mol. The maximum atomic E-state index is 10.5. The lowest BCUT2D eigenvalue weighted by Gasteiger charge is -2.22. The van der Waals surface area contributed by atoms with Gasteiger partial charge in [0.25, 0.3) is 0 Å². The van der Waals surface area contributed by atoms with Crippen LogP contribution < -0.4 is 10.1 Å². The van der Waals surface area contributed by atoms with Crippen LogP contribution in [0.5, 0.6) is 5.75 Å². The van der Waals surface area contributed by atoms with Crippen LogP contribution in [-0.4, -0.2) is 28.0 Å². The fourth-order valence-electron chi connectivity index (χ4n) is 2.15. The standard InChI is InChI=1S/C17H21N3O2/c1-4-9-22-16-8-6-5-7-14(16)10-18-13-17(2,21)15-11-19-20(3)12-15/h1,5-8,11-12,18,21H,9-10,13H2,2-3H3. The van der Waals surface area contributed by atoms with Crippen LogP contribution >= 0.6 is 0 Å². The predicted octanol–water partition coefficient (Wildman–Crippen LogP) is 1.43. The van der Waals surface area contributed by atoms with Crippen LogP contribution in [0.1, 0.15) is 18.1 Å². The van der Waals surface area contributed by atoms with Gasteiger partial charge in [0.15, 0.2) is 0 Å². The van der Waals surface area contributed by atoms with Gasteiger partial charge in [0.2, 0.25) is 0 Å². The molecule has 2 rings (SSSR count). The summed E-state index contributed by atoms with van der Waals surface area (Å²) in [6.07, 6.45) is 8.70. The molecule has 1 unspecified atom stereocenters. The SMILES string of the molecule is C#CCOc1ccccc1CNCC(C)(O)c1cnn(C)c1. The van der Waals surface area contributed by atoms with E-state index >= 15 is 0 Å². The van der Waals surface area contributed by atoms with Crippen molar-refractivity contribution in [1.82, 2.24) is 15.1 Å². The molecule has 5 heteroatoms. The Bertz CT molecular complexity index is 656. The number of ether oxygens (including phenoxy) is 1. The van der Waals surface area contributed by atoms with Crippen LogP contribution in [0.4, 0.5) is 0 Å². The van der Waals surface area contributed by atoms with Crippen LogP contribution in [0.3, 0.4) is 0 Å². The minimum Gasteiger partial charge on any atom is -0.481 e. The number of aliphatic hydroxyl groups is 1. The summed E-state index contributed by atoms with van der Waals surface area (Å²) in [6.45, 7) is 2.99. The zero-order valence-corrected chi connectivity index (χ0v) is 12.9. The summed E-state index contributed by atoms with van der Waals surface area (Å²) in [5.74, 6) is 3.21. The lowest BCUT2D eigenvalue weighted by Crippen LogP contribution is -2.35. The Kier molecular flexibility index (Phi) is 5.21. The van der Waals surface area contributed by atoms with Crippen molar-refractivity contribution in [2.45, 2.75) is 19.1 Å². The molecule has 0 fully saturated rings. The summed E-state index contributed by atoms with van der Waals surface area (Å²) in [4.78, 5) is 0. The fourth-order valence-corrected chi connectivity index (χ4v) is 2.15. The first-order chi connectivity index (χ1) is 10.5. The number of nitrogens with one attached hydrogen (secondary N) is 1. The Morgan fingerprint density at radius 2 is 2.23 bits per heavy atom. The number of hydrogen-bond acceptors (Lipinski definition) is 4. The zero-order valence-electron chi connectivity index (χ0n) is 12.9. The van der Waals surface area contributed by atoms with Gasteiger partial charge in [-0.2, -0.15) is 5.10 Å². The Morgan fingerprint density at radius 1 is 1.45 bits per heavy atom. The fraction of sp³-hybridized carbons (Fsp3) is 0.353. The van der Waals surface area contributed by atoms with Crippen molar-refractivity contribution in [2.75, 3.05) is 13.2 Å². The highest BCUT2D eigenvalue weighted by molar-refractivity contribution is 5.33. The van der Waals surface area contributed by atoms with E-state index in [9.17, 15) is 5.11 Å². The van der Waals surface area contributed by atoms with E-state index in [2.05, 4.69) is 16.3 Å². The van der Waals surface area contributed by atoms with Gasteiger partial charge in [-0.1, -0.05) is 24.1 Å². The minimum absolute atomic E-state index is 0.240. The molecule has 5 nitrogen and oxygen atoms in total. The van der Waals surface area contributed by atoms with Crippen molar-refractivity contribution in [2.24, 2.45) is 7.05 Å². The minimum atomic E-state index is -0.983. The van der Waals surface area contributed by atoms with Crippen molar-refractivity contribution in [3.63, 3.8) is 0 Å². The number of rotatable bonds is 7. The highest BCUT2D eigenvalue weighted by atomic mass is 16.5. The molecule has 0 saturated carbocycles. The van der Waals surface area contributed by atoms with Gasteiger partial charge in [-0.3, -0.25) is 4.68 Å². The Morgan fingerprint density at radius 3 is 2.91 bits per heavy atom. The van der Waals surface area contributed by atoms with Gasteiger partial charge in [-0.05, 0) is 13.0 Å². The maximum Gasteiger partial charge on any atom is 0.148 e. The number of nitrogens with zero attached hydrogens (tertiary/aromatic N) is 2. The molecule has 2 N–H and O–H groups in total. The van der Waals surface area contributed by atoms with Gasteiger partial charge in [0.1, 0.15) is 18.0 Å². The molecule has 0 bridgehead atoms. The van der Waals surface area contributed by atoms with Gasteiger partial charge < -0.3 is 15.2 Å². The number of terminal acetylenes is 1. The zero-order chi connectivity index (χ0) is 16.0. The molecular formula is C17H21N3O2. The van der Waals surface area contributed by atoms with Gasteiger partial charge in [-0.25, -0.2) is 0 Å². The smallest absolute Gasteiger partial charge is 0.148 e. The topological polar surface area (TPSA) is 59.3 Å². The Balaban J connectivity index is 1.95. The summed E-state index contributed by atoms with van der Waals surface area (Å²) in [5.41, 5.74) is 0.794.